The maximum Gasteiger partial charge on any atom is 0.264 e. The van der Waals surface area contributed by atoms with Crippen molar-refractivity contribution in [3.63, 3.8) is 0 Å². The average Bonchev–Trinajstić information content (AvgIpc) is 2.02. The van der Waals surface area contributed by atoms with Crippen LogP contribution in [-0.2, 0) is 0 Å². The van der Waals surface area contributed by atoms with Gasteiger partial charge in [-0.1, -0.05) is 20.8 Å². The third-order valence-electron chi connectivity index (χ3n) is 1.48. The first-order valence-electron chi connectivity index (χ1n) is 4.27. The molecule has 0 aliphatic rings. The van der Waals surface area contributed by atoms with Crippen molar-refractivity contribution in [1.29, 1.82) is 0 Å². The zero-order valence-corrected chi connectivity index (χ0v) is 8.22. The molecule has 4 nitrogen and oxygen atoms in total. The van der Waals surface area contributed by atoms with E-state index in [-0.39, 0.29) is 11.0 Å². The average molecular weight is 181 g/mol. The van der Waals surface area contributed by atoms with Crippen LogP contribution in [0, 0.1) is 5.41 Å². The van der Waals surface area contributed by atoms with E-state index in [9.17, 15) is 4.79 Å². The number of aromatic nitrogens is 2. The Balaban J connectivity index is 2.56. The normalized spacial score (nSPS) is 11.3. The monoisotopic (exact) mass is 181 g/mol. The highest BCUT2D eigenvalue weighted by molar-refractivity contribution is 5.31. The third-order valence-corrected chi connectivity index (χ3v) is 1.48. The van der Waals surface area contributed by atoms with Crippen molar-refractivity contribution in [2.75, 3.05) is 11.9 Å². The molecule has 13 heavy (non-hydrogen) atoms. The molecule has 1 aromatic rings. The zero-order chi connectivity index (χ0) is 9.90. The summed E-state index contributed by atoms with van der Waals surface area (Å²) in [6.45, 7) is 7.22. The van der Waals surface area contributed by atoms with Gasteiger partial charge in [0.15, 0.2) is 0 Å². The SMILES string of the molecule is CC(C)(C)CNc1ccc(=O)[nH]n1. The van der Waals surface area contributed by atoms with Crippen molar-refractivity contribution < 1.29 is 0 Å². The molecule has 0 aromatic carbocycles. The first-order valence-corrected chi connectivity index (χ1v) is 4.27. The van der Waals surface area contributed by atoms with Gasteiger partial charge >= 0.3 is 0 Å². The number of nitrogens with zero attached hydrogens (tertiary/aromatic N) is 1. The summed E-state index contributed by atoms with van der Waals surface area (Å²) in [7, 11) is 0. The van der Waals surface area contributed by atoms with Gasteiger partial charge in [0.25, 0.3) is 5.56 Å². The van der Waals surface area contributed by atoms with Crippen LogP contribution in [0.15, 0.2) is 16.9 Å². The van der Waals surface area contributed by atoms with E-state index >= 15 is 0 Å². The van der Waals surface area contributed by atoms with Crippen LogP contribution in [0.3, 0.4) is 0 Å². The van der Waals surface area contributed by atoms with Gasteiger partial charge in [0.05, 0.1) is 0 Å². The molecule has 2 N–H and O–H groups in total. The van der Waals surface area contributed by atoms with E-state index in [1.807, 2.05) is 0 Å². The molecule has 1 aromatic heterocycles. The summed E-state index contributed by atoms with van der Waals surface area (Å²) in [5, 5.41) is 9.33. The highest BCUT2D eigenvalue weighted by Crippen LogP contribution is 2.12. The second kappa shape index (κ2) is 3.60. The highest BCUT2D eigenvalue weighted by atomic mass is 16.1. The maximum atomic E-state index is 10.7. The Kier molecular flexibility index (Phi) is 2.70. The first-order chi connectivity index (χ1) is 5.97. The van der Waals surface area contributed by atoms with Crippen molar-refractivity contribution >= 4 is 5.82 Å². The number of aromatic amines is 1. The predicted octanol–water partition coefficient (Wildman–Crippen LogP) is 1.23. The molecule has 1 rings (SSSR count). The number of hydrogen-bond donors (Lipinski definition) is 2. The van der Waals surface area contributed by atoms with E-state index in [0.717, 1.165) is 6.54 Å². The summed E-state index contributed by atoms with van der Waals surface area (Å²) in [4.78, 5) is 10.7. The van der Waals surface area contributed by atoms with Gasteiger partial charge < -0.3 is 5.32 Å². The molecule has 0 spiro atoms. The first kappa shape index (κ1) is 9.77. The molecule has 0 fully saturated rings. The third kappa shape index (κ3) is 3.73. The lowest BCUT2D eigenvalue weighted by molar-refractivity contribution is 0.442. The molecule has 0 aliphatic carbocycles. The fourth-order valence-corrected chi connectivity index (χ4v) is 0.799. The summed E-state index contributed by atoms with van der Waals surface area (Å²) in [6, 6.07) is 3.13. The van der Waals surface area contributed by atoms with Crippen LogP contribution in [0.5, 0.6) is 0 Å². The van der Waals surface area contributed by atoms with Crippen molar-refractivity contribution in [2.24, 2.45) is 5.41 Å². The fraction of sp³-hybridized carbons (Fsp3) is 0.556. The molecule has 0 unspecified atom stereocenters. The predicted molar refractivity (Wildman–Crippen MR) is 52.8 cm³/mol. The van der Waals surface area contributed by atoms with Gasteiger partial charge in [0.1, 0.15) is 5.82 Å². The minimum absolute atomic E-state index is 0.179. The summed E-state index contributed by atoms with van der Waals surface area (Å²) in [5.74, 6) is 0.703. The molecule has 0 aliphatic heterocycles. The Hall–Kier alpha value is -1.32. The van der Waals surface area contributed by atoms with Gasteiger partial charge in [0.2, 0.25) is 0 Å². The number of nitrogens with one attached hydrogen (secondary N) is 2. The Labute approximate surface area is 77.4 Å². The van der Waals surface area contributed by atoms with E-state index < -0.39 is 0 Å². The lowest BCUT2D eigenvalue weighted by Gasteiger charge is -2.18. The molecule has 0 saturated heterocycles. The Morgan fingerprint density at radius 3 is 2.62 bits per heavy atom. The lowest BCUT2D eigenvalue weighted by atomic mass is 9.97. The van der Waals surface area contributed by atoms with E-state index in [1.165, 1.54) is 6.07 Å². The van der Waals surface area contributed by atoms with Crippen LogP contribution in [0.2, 0.25) is 0 Å². The van der Waals surface area contributed by atoms with Crippen LogP contribution >= 0.6 is 0 Å². The quantitative estimate of drug-likeness (QED) is 0.721. The smallest absolute Gasteiger partial charge is 0.264 e. The Morgan fingerprint density at radius 2 is 2.15 bits per heavy atom. The number of anilines is 1. The summed E-state index contributed by atoms with van der Waals surface area (Å²) in [6.07, 6.45) is 0. The van der Waals surface area contributed by atoms with Crippen LogP contribution in [0.25, 0.3) is 0 Å². The lowest BCUT2D eigenvalue weighted by Crippen LogP contribution is -2.20. The van der Waals surface area contributed by atoms with Gasteiger partial charge in [-0.25, -0.2) is 5.10 Å². The summed E-state index contributed by atoms with van der Waals surface area (Å²) >= 11 is 0. The van der Waals surface area contributed by atoms with Crippen LogP contribution < -0.4 is 10.9 Å². The molecule has 72 valence electrons. The van der Waals surface area contributed by atoms with E-state index in [0.29, 0.717) is 5.82 Å². The van der Waals surface area contributed by atoms with Crippen molar-refractivity contribution in [1.82, 2.24) is 10.2 Å². The summed E-state index contributed by atoms with van der Waals surface area (Å²) in [5.41, 5.74) is 0.0268. The largest absolute Gasteiger partial charge is 0.368 e. The van der Waals surface area contributed by atoms with Gasteiger partial charge in [-0.2, -0.15) is 5.10 Å². The van der Waals surface area contributed by atoms with Crippen LogP contribution in [-0.4, -0.2) is 16.7 Å². The molecule has 0 bridgehead atoms. The second-order valence-corrected chi connectivity index (χ2v) is 4.22. The highest BCUT2D eigenvalue weighted by Gasteiger charge is 2.09. The van der Waals surface area contributed by atoms with Crippen LogP contribution in [0.4, 0.5) is 5.82 Å². The van der Waals surface area contributed by atoms with Gasteiger partial charge in [0, 0.05) is 12.6 Å². The Bertz CT molecular complexity index is 304. The molecule has 0 saturated carbocycles. The topological polar surface area (TPSA) is 57.8 Å². The van der Waals surface area contributed by atoms with Crippen molar-refractivity contribution in [2.45, 2.75) is 20.8 Å². The fourth-order valence-electron chi connectivity index (χ4n) is 0.799. The summed E-state index contributed by atoms with van der Waals surface area (Å²) < 4.78 is 0. The second-order valence-electron chi connectivity index (χ2n) is 4.22. The van der Waals surface area contributed by atoms with Gasteiger partial charge in [-0.3, -0.25) is 4.79 Å². The standard InChI is InChI=1S/C9H15N3O/c1-9(2,3)6-10-7-4-5-8(13)12-11-7/h4-5H,6H2,1-3H3,(H,10,11)(H,12,13). The maximum absolute atomic E-state index is 10.7. The van der Waals surface area contributed by atoms with Crippen molar-refractivity contribution in [3.8, 4) is 0 Å². The minimum Gasteiger partial charge on any atom is -0.368 e. The minimum atomic E-state index is -0.179. The van der Waals surface area contributed by atoms with E-state index in [4.69, 9.17) is 0 Å². The van der Waals surface area contributed by atoms with E-state index in [1.54, 1.807) is 6.07 Å². The molecule has 1 heterocycles. The number of hydrogen-bond acceptors (Lipinski definition) is 3. The van der Waals surface area contributed by atoms with Crippen molar-refractivity contribution in [3.05, 3.63) is 22.5 Å². The molecular weight excluding hydrogens is 166 g/mol. The van der Waals surface area contributed by atoms with Gasteiger partial charge in [-0.05, 0) is 11.5 Å². The number of H-pyrrole nitrogens is 1. The van der Waals surface area contributed by atoms with E-state index in [2.05, 4.69) is 36.3 Å². The number of rotatable bonds is 2. The molecule has 0 radical (unpaired) electrons. The molecule has 4 heteroatoms. The molecule has 0 atom stereocenters. The molecule has 0 amide bonds. The Morgan fingerprint density at radius 1 is 1.46 bits per heavy atom. The molecular formula is C9H15N3O. The van der Waals surface area contributed by atoms with Gasteiger partial charge in [-0.15, -0.1) is 0 Å². The zero-order valence-electron chi connectivity index (χ0n) is 8.22. The van der Waals surface area contributed by atoms with Crippen LogP contribution in [0.1, 0.15) is 20.8 Å².